The van der Waals surface area contributed by atoms with Crippen molar-refractivity contribution in [1.29, 1.82) is 0 Å². The Morgan fingerprint density at radius 2 is 1.24 bits per heavy atom. The van der Waals surface area contributed by atoms with E-state index in [1.54, 1.807) is 74.6 Å². The molecule has 0 unspecified atom stereocenters. The summed E-state index contributed by atoms with van der Waals surface area (Å²) in [6, 6.07) is 20.8. The molecule has 1 saturated heterocycles. The van der Waals surface area contributed by atoms with Crippen LogP contribution in [0.1, 0.15) is 81.0 Å². The van der Waals surface area contributed by atoms with E-state index < -0.39 is 127 Å². The number of hydrogen-bond donors (Lipinski definition) is 15. The summed E-state index contributed by atoms with van der Waals surface area (Å²) in [5, 5.41) is 44.7. The summed E-state index contributed by atoms with van der Waals surface area (Å²) >= 11 is 0. The van der Waals surface area contributed by atoms with Crippen LogP contribution in [0, 0.1) is 5.92 Å². The molecule has 29 nitrogen and oxygen atoms in total. The summed E-state index contributed by atoms with van der Waals surface area (Å²) < 4.78 is 5.42. The molecule has 1 aromatic heterocycles. The normalized spacial score (nSPS) is 14.5. The van der Waals surface area contributed by atoms with Crippen LogP contribution in [0.2, 0.25) is 0 Å². The minimum Gasteiger partial charge on any atom is -0.508 e. The fourth-order valence-corrected chi connectivity index (χ4v) is 10.2. The van der Waals surface area contributed by atoms with Gasteiger partial charge in [0.05, 0.1) is 19.7 Å². The average Bonchev–Trinajstić information content (AvgIpc) is 1.76. The monoisotopic (exact) mass is 1290 g/mol. The van der Waals surface area contributed by atoms with E-state index in [0.29, 0.717) is 34.0 Å². The number of phenols is 1. The van der Waals surface area contributed by atoms with Crippen molar-refractivity contribution in [1.82, 2.24) is 57.7 Å². The third-order valence-corrected chi connectivity index (χ3v) is 15.0. The van der Waals surface area contributed by atoms with Gasteiger partial charge in [-0.2, -0.15) is 0 Å². The molecule has 7 atom stereocenters. The minimum absolute atomic E-state index is 0.00942. The van der Waals surface area contributed by atoms with Crippen LogP contribution in [0.4, 0.5) is 4.79 Å². The molecule has 5 aromatic rings. The number of nitrogens with one attached hydrogen (secondary N) is 10. The molecule has 18 N–H and O–H groups in total. The van der Waals surface area contributed by atoms with Crippen molar-refractivity contribution in [3.63, 3.8) is 0 Å². The number of phenolic OH excluding ortho intramolecular Hbond substituents is 1. The third kappa shape index (κ3) is 23.6. The number of likely N-dealkylation sites (tertiary alicyclic amines) is 1. The van der Waals surface area contributed by atoms with E-state index in [9.17, 15) is 63.0 Å². The second-order valence-electron chi connectivity index (χ2n) is 22.7. The number of aromatic nitrogens is 1. The molecular weight excluding hydrogens is 1200 g/mol. The van der Waals surface area contributed by atoms with Crippen molar-refractivity contribution in [3.05, 3.63) is 138 Å². The number of rotatable bonds is 35. The Bertz CT molecular complexity index is 3400. The number of primary amides is 1. The third-order valence-electron chi connectivity index (χ3n) is 15.0. The molecule has 29 heteroatoms. The summed E-state index contributed by atoms with van der Waals surface area (Å²) in [6.07, 6.45) is 0.626. The van der Waals surface area contributed by atoms with Crippen LogP contribution in [-0.4, -0.2) is 166 Å². The second kappa shape index (κ2) is 36.3. The Kier molecular flexibility index (Phi) is 27.9. The van der Waals surface area contributed by atoms with Gasteiger partial charge in [0.15, 0.2) is 5.96 Å². The predicted molar refractivity (Wildman–Crippen MR) is 341 cm³/mol. The quantitative estimate of drug-likeness (QED) is 0.0135. The van der Waals surface area contributed by atoms with Crippen molar-refractivity contribution in [2.75, 3.05) is 32.8 Å². The van der Waals surface area contributed by atoms with E-state index in [0.717, 1.165) is 5.56 Å². The highest BCUT2D eigenvalue weighted by molar-refractivity contribution is 5.98. The first-order valence-corrected chi connectivity index (χ1v) is 30.5. The molecule has 2 heterocycles. The molecule has 1 aliphatic heterocycles. The van der Waals surface area contributed by atoms with Crippen LogP contribution in [0.15, 0.2) is 120 Å². The minimum atomic E-state index is -1.79. The van der Waals surface area contributed by atoms with E-state index in [2.05, 4.69) is 57.8 Å². The van der Waals surface area contributed by atoms with Gasteiger partial charge in [0, 0.05) is 56.0 Å². The van der Waals surface area contributed by atoms with Crippen LogP contribution in [0.5, 0.6) is 5.75 Å². The Labute approximate surface area is 536 Å². The molecule has 4 aromatic carbocycles. The zero-order valence-corrected chi connectivity index (χ0v) is 51.8. The number of para-hydroxylation sites is 1. The number of H-pyrrole nitrogens is 1. The average molecular weight is 1290 g/mol. The number of benzene rings is 4. The van der Waals surface area contributed by atoms with E-state index >= 15 is 0 Å². The zero-order valence-electron chi connectivity index (χ0n) is 51.8. The lowest BCUT2D eigenvalue weighted by Gasteiger charge is -2.30. The number of aromatic hydroxyl groups is 1. The van der Waals surface area contributed by atoms with Gasteiger partial charge in [0.1, 0.15) is 54.6 Å². The molecule has 1 aliphatic rings. The number of aliphatic hydroxyl groups excluding tert-OH is 1. The highest BCUT2D eigenvalue weighted by Gasteiger charge is 2.39. The Morgan fingerprint density at radius 1 is 0.624 bits per heavy atom. The number of carbonyl (C=O) groups is 11. The molecule has 498 valence electrons. The number of amides is 11. The number of hydrogen-bond acceptors (Lipinski definition) is 15. The first kappa shape index (κ1) is 71.5. The lowest BCUT2D eigenvalue weighted by molar-refractivity contribution is -0.142. The van der Waals surface area contributed by atoms with E-state index in [4.69, 9.17) is 21.9 Å². The molecular formula is C64H83N15O14. The highest BCUT2D eigenvalue weighted by atomic mass is 16.5. The van der Waals surface area contributed by atoms with Crippen molar-refractivity contribution < 1.29 is 67.7 Å². The van der Waals surface area contributed by atoms with Crippen molar-refractivity contribution in [2.45, 2.75) is 127 Å². The van der Waals surface area contributed by atoms with Crippen LogP contribution in [0.3, 0.4) is 0 Å². The van der Waals surface area contributed by atoms with E-state index in [1.165, 1.54) is 29.2 Å². The fraction of sp³-hybridized carbons (Fsp3) is 0.406. The number of carbonyl (C=O) groups excluding carboxylic acids is 11. The molecule has 0 aliphatic carbocycles. The Hall–Kier alpha value is -10.6. The number of aromatic amines is 1. The SMILES string of the molecule is CC(C)C[C@H](NC(=O)CNC(=O)[C@H](Cc1ccc(O)cc1)NC(=O)[C@H](CO)NC(=O)[C@H](Cc1c[nH]c2ccccc12)NC(=O)[C@@H](CCC(=O)NCc1ccccc1)NC(=O)OCc1ccccc1)C(=O)N[C@@H](CCCN=C(N)N)C(=O)N1CCC[C@H]1C(=O)NCC(N)=O. The molecule has 6 rings (SSSR count). The van der Waals surface area contributed by atoms with Gasteiger partial charge in [-0.25, -0.2) is 4.79 Å². The Morgan fingerprint density at radius 3 is 1.90 bits per heavy atom. The van der Waals surface area contributed by atoms with Gasteiger partial charge < -0.3 is 89.9 Å². The van der Waals surface area contributed by atoms with E-state index in [-0.39, 0.29) is 95.2 Å². The highest BCUT2D eigenvalue weighted by Crippen LogP contribution is 2.22. The van der Waals surface area contributed by atoms with Gasteiger partial charge in [0.2, 0.25) is 59.1 Å². The summed E-state index contributed by atoms with van der Waals surface area (Å²) in [7, 11) is 0. The first-order valence-electron chi connectivity index (χ1n) is 30.5. The number of nitrogens with two attached hydrogens (primary N) is 3. The smallest absolute Gasteiger partial charge is 0.408 e. The standard InChI is InChI=1S/C64H83N15O14/c1-38(2)29-48(58(87)74-47(19-11-27-68-63(66)67)62(91)79-28-12-20-52(79)61(90)71-34-53(65)82)73-55(84)35-72-56(85)49(30-39-21-23-43(81)24-22-39)75-60(89)51(36-80)77-59(88)50(31-42-33-69-45-18-10-9-17-44(42)45)76-57(86)46(78-64(92)93-37-41-15-7-4-8-16-41)25-26-54(83)70-32-40-13-5-3-6-14-40/h3-10,13-18,21-24,33,38,46-52,69,80-81H,11-12,19-20,25-32,34-37H2,1-2H3,(H2,65,82)(H,70,83)(H,71,90)(H,72,85)(H,73,84)(H,74,87)(H,75,89)(H,76,86)(H,77,88)(H,78,92)(H4,66,67,68)/t46-,47+,48+,49+,50+,51+,52+/m1/s1. The number of fused-ring (bicyclic) bond motifs is 1. The van der Waals surface area contributed by atoms with Crippen LogP contribution < -0.4 is 65.1 Å². The first-order chi connectivity index (χ1) is 44.6. The summed E-state index contributed by atoms with van der Waals surface area (Å²) in [5.74, 6) is -8.54. The number of aliphatic imine (C=N–C) groups is 1. The van der Waals surface area contributed by atoms with Crippen LogP contribution >= 0.6 is 0 Å². The molecule has 93 heavy (non-hydrogen) atoms. The van der Waals surface area contributed by atoms with Gasteiger partial charge in [0.25, 0.3) is 0 Å². The topological polar surface area (TPSA) is 455 Å². The number of alkyl carbamates (subject to hydrolysis) is 1. The number of ether oxygens (including phenoxy) is 1. The van der Waals surface area contributed by atoms with Gasteiger partial charge in [-0.15, -0.1) is 0 Å². The van der Waals surface area contributed by atoms with Gasteiger partial charge >= 0.3 is 6.09 Å². The van der Waals surface area contributed by atoms with Crippen LogP contribution in [0.25, 0.3) is 10.9 Å². The summed E-state index contributed by atoms with van der Waals surface area (Å²) in [4.78, 5) is 159. The summed E-state index contributed by atoms with van der Waals surface area (Å²) in [5.41, 5.74) is 19.3. The lowest BCUT2D eigenvalue weighted by atomic mass is 10.0. The number of guanidine groups is 1. The van der Waals surface area contributed by atoms with Crippen molar-refractivity contribution in [2.24, 2.45) is 28.1 Å². The molecule has 0 saturated carbocycles. The number of nitrogens with zero attached hydrogens (tertiary/aromatic N) is 2. The Balaban J connectivity index is 1.17. The maximum absolute atomic E-state index is 14.6. The molecule has 0 bridgehead atoms. The number of aliphatic hydroxyl groups is 1. The van der Waals surface area contributed by atoms with Crippen molar-refractivity contribution in [3.8, 4) is 5.75 Å². The van der Waals surface area contributed by atoms with Crippen molar-refractivity contribution >= 4 is 82.0 Å². The second-order valence-corrected chi connectivity index (χ2v) is 22.7. The van der Waals surface area contributed by atoms with Gasteiger partial charge in [-0.3, -0.25) is 52.9 Å². The molecule has 11 amide bonds. The predicted octanol–water partition coefficient (Wildman–Crippen LogP) is -0.725. The molecule has 0 radical (unpaired) electrons. The van der Waals surface area contributed by atoms with Gasteiger partial charge in [-0.05, 0) is 84.9 Å². The van der Waals surface area contributed by atoms with Gasteiger partial charge in [-0.1, -0.05) is 105 Å². The fourth-order valence-electron chi connectivity index (χ4n) is 10.2. The molecule has 0 spiro atoms. The largest absolute Gasteiger partial charge is 0.508 e. The molecule has 1 fully saturated rings. The maximum atomic E-state index is 14.6. The van der Waals surface area contributed by atoms with E-state index in [1.807, 2.05) is 30.3 Å². The maximum Gasteiger partial charge on any atom is 0.408 e. The summed E-state index contributed by atoms with van der Waals surface area (Å²) in [6.45, 7) is 1.59. The lowest BCUT2D eigenvalue weighted by Crippen LogP contribution is -2.60. The van der Waals surface area contributed by atoms with Crippen LogP contribution in [-0.2, 0) is 78.7 Å². The zero-order chi connectivity index (χ0) is 67.4.